The first-order valence-electron chi connectivity index (χ1n) is 9.42. The van der Waals surface area contributed by atoms with Gasteiger partial charge in [-0.25, -0.2) is 0 Å². The van der Waals surface area contributed by atoms with Crippen LogP contribution in [0.15, 0.2) is 18.2 Å². The molecule has 1 aliphatic heterocycles. The number of carbonyl (C=O) groups excluding carboxylic acids is 2. The lowest BCUT2D eigenvalue weighted by molar-refractivity contribution is -0.146. The molecule has 7 nitrogen and oxygen atoms in total. The summed E-state index contributed by atoms with van der Waals surface area (Å²) < 4.78 is 15.5. The molecule has 2 aliphatic rings. The number of likely N-dealkylation sites (tertiary alicyclic amines) is 1. The quantitative estimate of drug-likeness (QED) is 0.769. The Kier molecular flexibility index (Phi) is 6.21. The van der Waals surface area contributed by atoms with Crippen molar-refractivity contribution in [2.24, 2.45) is 5.92 Å². The summed E-state index contributed by atoms with van der Waals surface area (Å²) >= 11 is 0. The van der Waals surface area contributed by atoms with Crippen molar-refractivity contribution in [3.8, 4) is 11.5 Å². The number of carbonyl (C=O) groups is 2. The van der Waals surface area contributed by atoms with Crippen molar-refractivity contribution in [3.63, 3.8) is 0 Å². The zero-order valence-electron chi connectivity index (χ0n) is 16.2. The first-order valence-corrected chi connectivity index (χ1v) is 9.42. The minimum atomic E-state index is -0.341. The van der Waals surface area contributed by atoms with E-state index in [-0.39, 0.29) is 30.5 Å². The number of hydrogen-bond acceptors (Lipinski definition) is 6. The van der Waals surface area contributed by atoms with Crippen LogP contribution in [0.4, 0.5) is 5.69 Å². The van der Waals surface area contributed by atoms with E-state index in [0.29, 0.717) is 23.1 Å². The molecule has 0 aromatic heterocycles. The molecule has 1 heterocycles. The number of nitrogens with one attached hydrogen (secondary N) is 1. The molecule has 7 heteroatoms. The normalized spacial score (nSPS) is 24.8. The summed E-state index contributed by atoms with van der Waals surface area (Å²) in [6, 6.07) is 5.17. The van der Waals surface area contributed by atoms with Gasteiger partial charge in [-0.05, 0) is 37.3 Å². The lowest BCUT2D eigenvalue weighted by atomic mass is 9.85. The third-order valence-electron chi connectivity index (χ3n) is 5.70. The molecular weight excluding hydrogens is 348 g/mol. The van der Waals surface area contributed by atoms with Gasteiger partial charge in [-0.3, -0.25) is 14.5 Å². The third kappa shape index (κ3) is 4.18. The fourth-order valence-corrected chi connectivity index (χ4v) is 4.41. The molecule has 27 heavy (non-hydrogen) atoms. The number of esters is 1. The van der Waals surface area contributed by atoms with Crippen LogP contribution in [0.25, 0.3) is 0 Å². The number of nitrogens with zero attached hydrogens (tertiary/aromatic N) is 1. The number of fused-ring (bicyclic) bond motifs is 1. The highest BCUT2D eigenvalue weighted by Gasteiger charge is 2.46. The highest BCUT2D eigenvalue weighted by Crippen LogP contribution is 2.40. The van der Waals surface area contributed by atoms with Gasteiger partial charge in [0.25, 0.3) is 0 Å². The van der Waals surface area contributed by atoms with E-state index in [4.69, 9.17) is 14.2 Å². The second-order valence-corrected chi connectivity index (χ2v) is 7.17. The molecule has 1 saturated heterocycles. The van der Waals surface area contributed by atoms with Crippen LogP contribution in [0.3, 0.4) is 0 Å². The van der Waals surface area contributed by atoms with Gasteiger partial charge in [0.05, 0.1) is 33.6 Å². The molecule has 1 saturated carbocycles. The highest BCUT2D eigenvalue weighted by atomic mass is 16.5. The van der Waals surface area contributed by atoms with Crippen LogP contribution in [0.2, 0.25) is 0 Å². The van der Waals surface area contributed by atoms with Crippen molar-refractivity contribution in [1.29, 1.82) is 0 Å². The average molecular weight is 376 g/mol. The van der Waals surface area contributed by atoms with E-state index in [0.717, 1.165) is 25.7 Å². The summed E-state index contributed by atoms with van der Waals surface area (Å²) in [5.74, 6) is 1.23. The van der Waals surface area contributed by atoms with Crippen LogP contribution in [0, 0.1) is 5.92 Å². The zero-order valence-corrected chi connectivity index (χ0v) is 16.2. The summed E-state index contributed by atoms with van der Waals surface area (Å²) in [7, 11) is 4.53. The van der Waals surface area contributed by atoms with Crippen molar-refractivity contribution in [2.45, 2.75) is 44.2 Å². The fraction of sp³-hybridized carbons (Fsp3) is 0.600. The number of anilines is 1. The van der Waals surface area contributed by atoms with Gasteiger partial charge in [-0.15, -0.1) is 0 Å². The molecule has 0 bridgehead atoms. The van der Waals surface area contributed by atoms with Gasteiger partial charge in [0.15, 0.2) is 0 Å². The SMILES string of the molecule is COC(=O)[C@@H]1C[C@@H]2CCCC[C@H]2N1CC(=O)Nc1ccc(OC)cc1OC. The van der Waals surface area contributed by atoms with E-state index in [2.05, 4.69) is 5.32 Å². The smallest absolute Gasteiger partial charge is 0.323 e. The minimum absolute atomic E-state index is 0.163. The predicted octanol–water partition coefficient (Wildman–Crippen LogP) is 2.45. The van der Waals surface area contributed by atoms with Gasteiger partial charge in [0.1, 0.15) is 17.5 Å². The molecule has 1 aliphatic carbocycles. The Labute approximate surface area is 160 Å². The summed E-state index contributed by atoms with van der Waals surface area (Å²) in [5, 5.41) is 2.90. The number of methoxy groups -OCH3 is 3. The standard InChI is InChI=1S/C20H28N2O5/c1-25-14-8-9-15(18(11-14)26-2)21-19(23)12-22-16-7-5-4-6-13(16)10-17(22)20(24)27-3/h8-9,11,13,16-17H,4-7,10,12H2,1-3H3,(H,21,23)/t13-,16+,17-/m0/s1. The van der Waals surface area contributed by atoms with Gasteiger partial charge < -0.3 is 19.5 Å². The molecular formula is C20H28N2O5. The molecule has 0 spiro atoms. The van der Waals surface area contributed by atoms with E-state index in [1.165, 1.54) is 13.5 Å². The van der Waals surface area contributed by atoms with E-state index in [9.17, 15) is 9.59 Å². The predicted molar refractivity (Wildman–Crippen MR) is 101 cm³/mol. The summed E-state index contributed by atoms with van der Waals surface area (Å²) in [4.78, 5) is 27.0. The average Bonchev–Trinajstić information content (AvgIpc) is 3.06. The second kappa shape index (κ2) is 8.61. The van der Waals surface area contributed by atoms with Crippen LogP contribution in [0.1, 0.15) is 32.1 Å². The Morgan fingerprint density at radius 1 is 1.15 bits per heavy atom. The molecule has 1 aromatic carbocycles. The lowest BCUT2D eigenvalue weighted by Gasteiger charge is -2.32. The van der Waals surface area contributed by atoms with Gasteiger partial charge in [0.2, 0.25) is 5.91 Å². The van der Waals surface area contributed by atoms with Crippen LogP contribution in [0.5, 0.6) is 11.5 Å². The Hall–Kier alpha value is -2.28. The Morgan fingerprint density at radius 2 is 1.93 bits per heavy atom. The van der Waals surface area contributed by atoms with Crippen LogP contribution >= 0.6 is 0 Å². The largest absolute Gasteiger partial charge is 0.497 e. The van der Waals surface area contributed by atoms with E-state index in [1.54, 1.807) is 32.4 Å². The van der Waals surface area contributed by atoms with Crippen molar-refractivity contribution in [3.05, 3.63) is 18.2 Å². The maximum Gasteiger partial charge on any atom is 0.323 e. The van der Waals surface area contributed by atoms with Gasteiger partial charge in [-0.2, -0.15) is 0 Å². The number of ether oxygens (including phenoxy) is 3. The van der Waals surface area contributed by atoms with Crippen molar-refractivity contribution in [2.75, 3.05) is 33.2 Å². The molecule has 3 atom stereocenters. The molecule has 148 valence electrons. The van der Waals surface area contributed by atoms with Crippen LogP contribution in [-0.4, -0.2) is 56.7 Å². The second-order valence-electron chi connectivity index (χ2n) is 7.17. The summed E-state index contributed by atoms with van der Waals surface area (Å²) in [6.45, 7) is 0.163. The monoisotopic (exact) mass is 376 g/mol. The summed E-state index contributed by atoms with van der Waals surface area (Å²) in [5.41, 5.74) is 0.581. The molecule has 1 N–H and O–H groups in total. The van der Waals surface area contributed by atoms with Crippen molar-refractivity contribution in [1.82, 2.24) is 4.90 Å². The van der Waals surface area contributed by atoms with Crippen LogP contribution in [-0.2, 0) is 14.3 Å². The maximum absolute atomic E-state index is 12.7. The fourth-order valence-electron chi connectivity index (χ4n) is 4.41. The number of amides is 1. The maximum atomic E-state index is 12.7. The minimum Gasteiger partial charge on any atom is -0.497 e. The van der Waals surface area contributed by atoms with E-state index >= 15 is 0 Å². The molecule has 1 aromatic rings. The van der Waals surface area contributed by atoms with Gasteiger partial charge in [0, 0.05) is 12.1 Å². The van der Waals surface area contributed by atoms with Gasteiger partial charge in [-0.1, -0.05) is 12.8 Å². The molecule has 3 rings (SSSR count). The first-order chi connectivity index (χ1) is 13.1. The molecule has 0 unspecified atom stereocenters. The number of benzene rings is 1. The highest BCUT2D eigenvalue weighted by molar-refractivity contribution is 5.94. The zero-order chi connectivity index (χ0) is 19.4. The number of rotatable bonds is 6. The number of hydrogen-bond donors (Lipinski definition) is 1. The summed E-state index contributed by atoms with van der Waals surface area (Å²) in [6.07, 6.45) is 5.24. The molecule has 0 radical (unpaired) electrons. The van der Waals surface area contributed by atoms with Gasteiger partial charge >= 0.3 is 5.97 Å². The van der Waals surface area contributed by atoms with Crippen LogP contribution < -0.4 is 14.8 Å². The lowest BCUT2D eigenvalue weighted by Crippen LogP contribution is -2.46. The molecule has 2 fully saturated rings. The first kappa shape index (κ1) is 19.5. The third-order valence-corrected chi connectivity index (χ3v) is 5.70. The van der Waals surface area contributed by atoms with Crippen molar-refractivity contribution >= 4 is 17.6 Å². The van der Waals surface area contributed by atoms with Crippen molar-refractivity contribution < 1.29 is 23.8 Å². The Bertz CT molecular complexity index is 693. The Balaban J connectivity index is 1.72. The Morgan fingerprint density at radius 3 is 2.63 bits per heavy atom. The van der Waals surface area contributed by atoms with E-state index < -0.39 is 0 Å². The van der Waals surface area contributed by atoms with E-state index in [1.807, 2.05) is 4.90 Å². The topological polar surface area (TPSA) is 77.1 Å². The molecule has 1 amide bonds.